The molecular weight excluding hydrogens is 459 g/mol. The number of hydrogen-bond donors (Lipinski definition) is 3. The lowest BCUT2D eigenvalue weighted by atomic mass is 10.00. The Morgan fingerprint density at radius 2 is 1.72 bits per heavy atom. The van der Waals surface area contributed by atoms with Gasteiger partial charge < -0.3 is 25.3 Å². The number of piperazine rings is 1. The highest BCUT2D eigenvalue weighted by Gasteiger charge is 2.34. The van der Waals surface area contributed by atoms with Crippen LogP contribution in [-0.4, -0.2) is 70.5 Å². The van der Waals surface area contributed by atoms with Crippen molar-refractivity contribution in [2.24, 2.45) is 0 Å². The number of phenolic OH excluding ortho intramolecular Hbond substituents is 1. The maximum absolute atomic E-state index is 16.2. The maximum Gasteiger partial charge on any atom is 0.228 e. The average Bonchev–Trinajstić information content (AvgIpc) is 3.21. The number of pyridine rings is 1. The van der Waals surface area contributed by atoms with E-state index in [0.717, 1.165) is 69.1 Å². The molecule has 8 nitrogen and oxygen atoms in total. The summed E-state index contributed by atoms with van der Waals surface area (Å²) in [7, 11) is 1.00. The number of aliphatic hydroxyl groups is 1. The third kappa shape index (κ3) is 3.79. The number of aromatic nitrogens is 3. The first-order valence-corrected chi connectivity index (χ1v) is 12.4. The fraction of sp³-hybridized carbons (Fsp3) is 0.370. The van der Waals surface area contributed by atoms with Crippen LogP contribution in [-0.2, 0) is 0 Å². The second kappa shape index (κ2) is 9.15. The van der Waals surface area contributed by atoms with Crippen LogP contribution < -0.4 is 15.1 Å². The molecule has 3 aliphatic heterocycles. The molecule has 2 aromatic heterocycles. The zero-order chi connectivity index (χ0) is 24.8. The van der Waals surface area contributed by atoms with Crippen molar-refractivity contribution >= 4 is 33.4 Å². The van der Waals surface area contributed by atoms with Crippen molar-refractivity contribution in [3.8, 4) is 17.0 Å². The number of aliphatic hydroxyl groups excluding tert-OH is 1. The van der Waals surface area contributed by atoms with Gasteiger partial charge in [0.2, 0.25) is 5.95 Å². The van der Waals surface area contributed by atoms with Crippen molar-refractivity contribution in [1.82, 2.24) is 20.3 Å². The van der Waals surface area contributed by atoms with Gasteiger partial charge in [0.05, 0.1) is 5.39 Å². The molecule has 0 radical (unpaired) electrons. The molecule has 0 saturated carbocycles. The molecule has 0 amide bonds. The Bertz CT molecular complexity index is 1430. The van der Waals surface area contributed by atoms with Gasteiger partial charge in [-0.15, -0.1) is 0 Å². The first-order valence-electron chi connectivity index (χ1n) is 12.4. The number of rotatable bonds is 3. The van der Waals surface area contributed by atoms with Crippen LogP contribution in [0.4, 0.5) is 16.2 Å². The lowest BCUT2D eigenvalue weighted by Gasteiger charge is -2.36. The first-order chi connectivity index (χ1) is 17.6. The number of hydrogen-bond acceptors (Lipinski definition) is 8. The van der Waals surface area contributed by atoms with Gasteiger partial charge in [0.25, 0.3) is 0 Å². The zero-order valence-electron chi connectivity index (χ0n) is 20.2. The average molecular weight is 489 g/mol. The molecule has 3 N–H and O–H groups in total. The van der Waals surface area contributed by atoms with E-state index in [1.54, 1.807) is 18.3 Å². The summed E-state index contributed by atoms with van der Waals surface area (Å²) in [5.74, 6) is 0.952. The Morgan fingerprint density at radius 3 is 2.44 bits per heavy atom. The van der Waals surface area contributed by atoms with Crippen molar-refractivity contribution in [3.05, 3.63) is 48.4 Å². The normalized spacial score (nSPS) is 20.9. The minimum absolute atomic E-state index is 0.0796. The predicted molar refractivity (Wildman–Crippen MR) is 139 cm³/mol. The summed E-state index contributed by atoms with van der Waals surface area (Å²) in [5.41, 5.74) is 1.04. The van der Waals surface area contributed by atoms with Crippen LogP contribution in [0.5, 0.6) is 5.75 Å². The van der Waals surface area contributed by atoms with E-state index in [4.69, 9.17) is 10.1 Å². The van der Waals surface area contributed by atoms with Crippen LogP contribution in [0.2, 0.25) is 0 Å². The summed E-state index contributed by atoms with van der Waals surface area (Å²) >= 11 is 0. The fourth-order valence-electron chi connectivity index (χ4n) is 5.58. The highest BCUT2D eigenvalue weighted by atomic mass is 19.1. The Labute approximate surface area is 208 Å². The number of nitrogens with zero attached hydrogens (tertiary/aromatic N) is 5. The van der Waals surface area contributed by atoms with Crippen molar-refractivity contribution in [2.75, 3.05) is 43.1 Å². The molecule has 7 rings (SSSR count). The van der Waals surface area contributed by atoms with Gasteiger partial charge in [0.15, 0.2) is 5.82 Å². The number of benzene rings is 2. The van der Waals surface area contributed by atoms with E-state index in [9.17, 15) is 5.11 Å². The van der Waals surface area contributed by atoms with E-state index in [-0.39, 0.29) is 17.0 Å². The standard InChI is InChI=1S/C26H25FN6O.CH4O/c27-22-23(20-11-18(34)10-15-4-1-2-5-19(15)20)28-12-21-24(22)30-26(32-8-3-9-32)31-25(21)33-13-16-6-7-17(14-33)29-16;1-2/h1-2,4-5,10-12,16-17,29,34H,3,6-9,13-14H2;2H,1H3. The molecule has 0 aliphatic carbocycles. The van der Waals surface area contributed by atoms with E-state index >= 15 is 4.39 Å². The predicted octanol–water partition coefficient (Wildman–Crippen LogP) is 3.45. The monoisotopic (exact) mass is 488 g/mol. The Morgan fingerprint density at radius 1 is 0.972 bits per heavy atom. The minimum atomic E-state index is -0.475. The fourth-order valence-corrected chi connectivity index (χ4v) is 5.58. The van der Waals surface area contributed by atoms with E-state index in [2.05, 4.69) is 25.1 Å². The quantitative estimate of drug-likeness (QED) is 0.404. The lowest BCUT2D eigenvalue weighted by Crippen LogP contribution is -2.51. The van der Waals surface area contributed by atoms with Crippen LogP contribution in [0.15, 0.2) is 42.6 Å². The number of halogens is 1. The summed E-state index contributed by atoms with van der Waals surface area (Å²) < 4.78 is 16.2. The molecule has 36 heavy (non-hydrogen) atoms. The number of phenols is 1. The van der Waals surface area contributed by atoms with Gasteiger partial charge in [-0.3, -0.25) is 4.98 Å². The molecule has 9 heteroatoms. The van der Waals surface area contributed by atoms with Gasteiger partial charge in [-0.25, -0.2) is 9.37 Å². The highest BCUT2D eigenvalue weighted by molar-refractivity contribution is 6.00. The molecule has 4 aromatic rings. The number of anilines is 2. The summed E-state index contributed by atoms with van der Waals surface area (Å²) in [6, 6.07) is 11.8. The molecule has 2 bridgehead atoms. The third-order valence-corrected chi connectivity index (χ3v) is 7.41. The van der Waals surface area contributed by atoms with E-state index in [1.165, 1.54) is 0 Å². The van der Waals surface area contributed by atoms with Crippen LogP contribution >= 0.6 is 0 Å². The maximum atomic E-state index is 16.2. The Hall–Kier alpha value is -3.56. The number of fused-ring (bicyclic) bond motifs is 4. The molecule has 3 saturated heterocycles. The van der Waals surface area contributed by atoms with E-state index < -0.39 is 5.82 Å². The molecular formula is C27H29FN6O2. The molecule has 186 valence electrons. The smallest absolute Gasteiger partial charge is 0.228 e. The van der Waals surface area contributed by atoms with Crippen molar-refractivity contribution in [2.45, 2.75) is 31.3 Å². The minimum Gasteiger partial charge on any atom is -0.508 e. The van der Waals surface area contributed by atoms with Gasteiger partial charge in [-0.1, -0.05) is 24.3 Å². The summed E-state index contributed by atoms with van der Waals surface area (Å²) in [5, 5.41) is 23.3. The largest absolute Gasteiger partial charge is 0.508 e. The van der Waals surface area contributed by atoms with Gasteiger partial charge in [0, 0.05) is 57.1 Å². The highest BCUT2D eigenvalue weighted by Crippen LogP contribution is 2.38. The summed E-state index contributed by atoms with van der Waals surface area (Å²) in [4.78, 5) is 18.5. The zero-order valence-corrected chi connectivity index (χ0v) is 20.2. The number of aromatic hydroxyl groups is 1. The van der Waals surface area contributed by atoms with E-state index in [0.29, 0.717) is 29.0 Å². The molecule has 5 heterocycles. The summed E-state index contributed by atoms with van der Waals surface area (Å²) in [6.07, 6.45) is 5.11. The van der Waals surface area contributed by atoms with Crippen LogP contribution in [0.3, 0.4) is 0 Å². The van der Waals surface area contributed by atoms with Crippen molar-refractivity contribution in [3.63, 3.8) is 0 Å². The molecule has 2 atom stereocenters. The Balaban J connectivity index is 0.00000117. The molecule has 2 unspecified atom stereocenters. The molecule has 3 aliphatic rings. The SMILES string of the molecule is CO.Oc1cc(-c2ncc3c(N4CC5CCC(C4)N5)nc(N4CCC4)nc3c2F)c2ccccc2c1. The second-order valence-corrected chi connectivity index (χ2v) is 9.63. The van der Waals surface area contributed by atoms with Crippen molar-refractivity contribution in [1.29, 1.82) is 0 Å². The van der Waals surface area contributed by atoms with Gasteiger partial charge in [-0.2, -0.15) is 4.98 Å². The lowest BCUT2D eigenvalue weighted by molar-refractivity contribution is 0.399. The second-order valence-electron chi connectivity index (χ2n) is 9.63. The van der Waals surface area contributed by atoms with Gasteiger partial charge in [-0.05, 0) is 42.2 Å². The molecule has 2 aromatic carbocycles. The first kappa shape index (κ1) is 22.9. The van der Waals surface area contributed by atoms with Crippen molar-refractivity contribution < 1.29 is 14.6 Å². The van der Waals surface area contributed by atoms with Gasteiger partial charge >= 0.3 is 0 Å². The van der Waals surface area contributed by atoms with Crippen LogP contribution in [0.1, 0.15) is 19.3 Å². The summed E-state index contributed by atoms with van der Waals surface area (Å²) in [6.45, 7) is 3.47. The van der Waals surface area contributed by atoms with E-state index in [1.807, 2.05) is 24.3 Å². The van der Waals surface area contributed by atoms with Crippen LogP contribution in [0, 0.1) is 5.82 Å². The van der Waals surface area contributed by atoms with Crippen LogP contribution in [0.25, 0.3) is 32.9 Å². The number of nitrogens with one attached hydrogen (secondary N) is 1. The Kier molecular flexibility index (Phi) is 5.81. The molecule has 3 fully saturated rings. The topological polar surface area (TPSA) is 97.6 Å². The van der Waals surface area contributed by atoms with Gasteiger partial charge in [0.1, 0.15) is 22.8 Å². The third-order valence-electron chi connectivity index (χ3n) is 7.41. The molecule has 0 spiro atoms.